The number of aryl methyl sites for hydroxylation is 2. The lowest BCUT2D eigenvalue weighted by atomic mass is 10.3. The van der Waals surface area contributed by atoms with Crippen molar-refractivity contribution in [3.05, 3.63) is 56.7 Å². The third kappa shape index (κ3) is 4.55. The maximum absolute atomic E-state index is 12.7. The molecule has 0 fully saturated rings. The number of rotatable bonds is 5. The van der Waals surface area contributed by atoms with Crippen LogP contribution in [0.1, 0.15) is 21.1 Å². The zero-order valence-electron chi connectivity index (χ0n) is 15.4. The Balaban J connectivity index is 1.68. The number of carbonyl (C=O) groups is 2. The van der Waals surface area contributed by atoms with Gasteiger partial charge in [0.25, 0.3) is 5.91 Å². The molecular weight excluding hydrogens is 421 g/mol. The molecule has 28 heavy (non-hydrogen) atoms. The molecule has 0 aliphatic rings. The Morgan fingerprint density at radius 3 is 2.57 bits per heavy atom. The monoisotopic (exact) mass is 437 g/mol. The van der Waals surface area contributed by atoms with Gasteiger partial charge in [0.1, 0.15) is 10.6 Å². The van der Waals surface area contributed by atoms with E-state index in [1.807, 2.05) is 19.1 Å². The topological polar surface area (TPSA) is 75.4 Å². The minimum absolute atomic E-state index is 0.119. The highest BCUT2D eigenvalue weighted by atomic mass is 35.5. The number of amides is 2. The maximum atomic E-state index is 12.7. The van der Waals surface area contributed by atoms with Gasteiger partial charge < -0.3 is 14.6 Å². The molecule has 3 rings (SSSR count). The van der Waals surface area contributed by atoms with Crippen molar-refractivity contribution in [3.8, 4) is 10.8 Å². The Hall–Kier alpha value is -2.35. The lowest BCUT2D eigenvalue weighted by Crippen LogP contribution is -2.34. The summed E-state index contributed by atoms with van der Waals surface area (Å²) in [7, 11) is 1.56. The van der Waals surface area contributed by atoms with Gasteiger partial charge in [0.2, 0.25) is 5.91 Å². The first-order valence-electron chi connectivity index (χ1n) is 8.29. The molecule has 9 heteroatoms. The van der Waals surface area contributed by atoms with Crippen molar-refractivity contribution < 1.29 is 14.0 Å². The van der Waals surface area contributed by atoms with Crippen LogP contribution in [0.2, 0.25) is 10.0 Å². The van der Waals surface area contributed by atoms with E-state index < -0.39 is 0 Å². The molecule has 0 radical (unpaired) electrons. The van der Waals surface area contributed by atoms with Crippen molar-refractivity contribution in [2.24, 2.45) is 0 Å². The van der Waals surface area contributed by atoms with Crippen LogP contribution in [0.4, 0.5) is 5.69 Å². The predicted octanol–water partition coefficient (Wildman–Crippen LogP) is 5.04. The maximum Gasteiger partial charge on any atom is 0.266 e. The van der Waals surface area contributed by atoms with Gasteiger partial charge >= 0.3 is 0 Å². The number of nitrogens with one attached hydrogen (secondary N) is 1. The fourth-order valence-corrected chi connectivity index (χ4v) is 3.81. The molecule has 0 spiro atoms. The zero-order chi connectivity index (χ0) is 20.4. The van der Waals surface area contributed by atoms with Crippen LogP contribution in [0.5, 0.6) is 0 Å². The van der Waals surface area contributed by atoms with E-state index in [1.54, 1.807) is 32.2 Å². The summed E-state index contributed by atoms with van der Waals surface area (Å²) >= 11 is 13.0. The van der Waals surface area contributed by atoms with Crippen molar-refractivity contribution in [2.75, 3.05) is 18.9 Å². The van der Waals surface area contributed by atoms with E-state index in [0.29, 0.717) is 37.1 Å². The number of anilines is 1. The van der Waals surface area contributed by atoms with Crippen LogP contribution in [0.25, 0.3) is 10.8 Å². The number of nitrogens with zero attached hydrogens (tertiary/aromatic N) is 2. The molecule has 0 atom stereocenters. The van der Waals surface area contributed by atoms with Gasteiger partial charge in [-0.3, -0.25) is 9.59 Å². The van der Waals surface area contributed by atoms with Crippen LogP contribution in [0.15, 0.2) is 34.7 Å². The van der Waals surface area contributed by atoms with E-state index in [4.69, 9.17) is 27.6 Å². The SMILES string of the molecule is Cc1ccc(-c2nc(C)c(C(=O)N(C)CC(=O)Nc3ccc(Cl)c(Cl)c3)s2)o1. The summed E-state index contributed by atoms with van der Waals surface area (Å²) in [6.07, 6.45) is 0. The molecule has 146 valence electrons. The summed E-state index contributed by atoms with van der Waals surface area (Å²) in [5.74, 6) is 0.753. The fourth-order valence-electron chi connectivity index (χ4n) is 2.48. The van der Waals surface area contributed by atoms with Crippen molar-refractivity contribution in [1.29, 1.82) is 0 Å². The number of carbonyl (C=O) groups excluding carboxylic acids is 2. The standard InChI is InChI=1S/C19H17Cl2N3O3S/c1-10-4-7-15(27-10)18-22-11(2)17(28-18)19(26)24(3)9-16(25)23-12-5-6-13(20)14(21)8-12/h4-8H,9H2,1-3H3,(H,23,25). The molecule has 0 aliphatic carbocycles. The van der Waals surface area contributed by atoms with Crippen LogP contribution in [-0.2, 0) is 4.79 Å². The molecule has 2 amide bonds. The highest BCUT2D eigenvalue weighted by Gasteiger charge is 2.22. The highest BCUT2D eigenvalue weighted by Crippen LogP contribution is 2.30. The normalized spacial score (nSPS) is 10.8. The number of hydrogen-bond acceptors (Lipinski definition) is 5. The number of likely N-dealkylation sites (N-methyl/N-ethyl adjacent to an activating group) is 1. The first-order chi connectivity index (χ1) is 13.2. The van der Waals surface area contributed by atoms with Crippen LogP contribution in [0, 0.1) is 13.8 Å². The number of furan rings is 1. The molecule has 1 N–H and O–H groups in total. The molecule has 3 aromatic rings. The van der Waals surface area contributed by atoms with Gasteiger partial charge in [-0.2, -0.15) is 0 Å². The Labute approximate surface area is 176 Å². The quantitative estimate of drug-likeness (QED) is 0.606. The summed E-state index contributed by atoms with van der Waals surface area (Å²) in [5, 5.41) is 4.06. The van der Waals surface area contributed by atoms with E-state index in [-0.39, 0.29) is 18.4 Å². The van der Waals surface area contributed by atoms with Gasteiger partial charge in [-0.25, -0.2) is 4.98 Å². The molecule has 0 unspecified atom stereocenters. The van der Waals surface area contributed by atoms with Crippen LogP contribution in [-0.4, -0.2) is 35.3 Å². The third-order valence-electron chi connectivity index (χ3n) is 3.87. The first kappa shape index (κ1) is 20.4. The van der Waals surface area contributed by atoms with Gasteiger partial charge in [0.05, 0.1) is 22.3 Å². The minimum Gasteiger partial charge on any atom is -0.459 e. The number of benzene rings is 1. The second kappa shape index (κ2) is 8.34. The van der Waals surface area contributed by atoms with Crippen molar-refractivity contribution in [1.82, 2.24) is 9.88 Å². The van der Waals surface area contributed by atoms with E-state index in [0.717, 1.165) is 5.76 Å². The largest absolute Gasteiger partial charge is 0.459 e. The lowest BCUT2D eigenvalue weighted by molar-refractivity contribution is -0.116. The van der Waals surface area contributed by atoms with Gasteiger partial charge in [0, 0.05) is 12.7 Å². The average molecular weight is 438 g/mol. The smallest absolute Gasteiger partial charge is 0.266 e. The minimum atomic E-state index is -0.349. The third-order valence-corrected chi connectivity index (χ3v) is 5.77. The average Bonchev–Trinajstić information content (AvgIpc) is 3.23. The van der Waals surface area contributed by atoms with E-state index >= 15 is 0 Å². The molecule has 2 aromatic heterocycles. The van der Waals surface area contributed by atoms with Gasteiger partial charge in [-0.15, -0.1) is 11.3 Å². The summed E-state index contributed by atoms with van der Waals surface area (Å²) in [4.78, 5) is 31.2. The Morgan fingerprint density at radius 1 is 1.18 bits per heavy atom. The van der Waals surface area contributed by atoms with E-state index in [1.165, 1.54) is 16.2 Å². The first-order valence-corrected chi connectivity index (χ1v) is 9.86. The van der Waals surface area contributed by atoms with Gasteiger partial charge in [0.15, 0.2) is 10.8 Å². The molecule has 0 saturated carbocycles. The van der Waals surface area contributed by atoms with E-state index in [9.17, 15) is 9.59 Å². The molecule has 0 aliphatic heterocycles. The van der Waals surface area contributed by atoms with E-state index in [2.05, 4.69) is 10.3 Å². The molecule has 2 heterocycles. The van der Waals surface area contributed by atoms with Crippen molar-refractivity contribution in [2.45, 2.75) is 13.8 Å². The van der Waals surface area contributed by atoms with Crippen LogP contribution in [0.3, 0.4) is 0 Å². The second-order valence-corrected chi connectivity index (χ2v) is 8.00. The Morgan fingerprint density at radius 2 is 1.93 bits per heavy atom. The summed E-state index contributed by atoms with van der Waals surface area (Å²) in [6, 6.07) is 8.43. The number of aromatic nitrogens is 1. The highest BCUT2D eigenvalue weighted by molar-refractivity contribution is 7.17. The Bertz CT molecular complexity index is 1040. The van der Waals surface area contributed by atoms with Crippen molar-refractivity contribution >= 4 is 52.0 Å². The molecule has 6 nitrogen and oxygen atoms in total. The molecule has 0 saturated heterocycles. The predicted molar refractivity (Wildman–Crippen MR) is 111 cm³/mol. The second-order valence-electron chi connectivity index (χ2n) is 6.18. The number of hydrogen-bond donors (Lipinski definition) is 1. The zero-order valence-corrected chi connectivity index (χ0v) is 17.7. The summed E-state index contributed by atoms with van der Waals surface area (Å²) < 4.78 is 5.57. The van der Waals surface area contributed by atoms with Gasteiger partial charge in [-0.05, 0) is 44.2 Å². The van der Waals surface area contributed by atoms with Crippen LogP contribution < -0.4 is 5.32 Å². The fraction of sp³-hybridized carbons (Fsp3) is 0.211. The van der Waals surface area contributed by atoms with Crippen molar-refractivity contribution in [3.63, 3.8) is 0 Å². The molecule has 1 aromatic carbocycles. The molecular formula is C19H17Cl2N3O3S. The Kier molecular flexibility index (Phi) is 6.07. The van der Waals surface area contributed by atoms with Crippen LogP contribution >= 0.6 is 34.5 Å². The number of halogens is 2. The lowest BCUT2D eigenvalue weighted by Gasteiger charge is -2.16. The molecule has 0 bridgehead atoms. The summed E-state index contributed by atoms with van der Waals surface area (Å²) in [6.45, 7) is 3.48. The summed E-state index contributed by atoms with van der Waals surface area (Å²) in [5.41, 5.74) is 1.10. The number of thiazole rings is 1. The van der Waals surface area contributed by atoms with Gasteiger partial charge in [-0.1, -0.05) is 23.2 Å².